The van der Waals surface area contributed by atoms with Crippen LogP contribution >= 0.6 is 0 Å². The van der Waals surface area contributed by atoms with Crippen LogP contribution in [0.1, 0.15) is 59.3 Å². The first-order chi connectivity index (χ1) is 8.58. The molecule has 0 spiro atoms. The molecule has 1 aliphatic rings. The highest BCUT2D eigenvalue weighted by Crippen LogP contribution is 2.25. The van der Waals surface area contributed by atoms with E-state index in [1.807, 2.05) is 0 Å². The molecule has 1 fully saturated rings. The summed E-state index contributed by atoms with van der Waals surface area (Å²) in [7, 11) is 0. The van der Waals surface area contributed by atoms with E-state index in [0.717, 1.165) is 25.9 Å². The minimum Gasteiger partial charge on any atom is -0.480 e. The van der Waals surface area contributed by atoms with Gasteiger partial charge in [0.25, 0.3) is 0 Å². The third-order valence-electron chi connectivity index (χ3n) is 4.30. The first-order valence-electron chi connectivity index (χ1n) is 7.55. The lowest BCUT2D eigenvalue weighted by Crippen LogP contribution is -2.48. The molecule has 3 nitrogen and oxygen atoms in total. The third-order valence-corrected chi connectivity index (χ3v) is 4.30. The second-order valence-electron chi connectivity index (χ2n) is 5.90. The lowest BCUT2D eigenvalue weighted by molar-refractivity contribution is -0.145. The number of piperidine rings is 1. The van der Waals surface area contributed by atoms with Gasteiger partial charge in [0, 0.05) is 6.54 Å². The van der Waals surface area contributed by atoms with Crippen LogP contribution in [0.4, 0.5) is 0 Å². The maximum atomic E-state index is 11.4. The van der Waals surface area contributed by atoms with Crippen molar-refractivity contribution in [2.75, 3.05) is 13.1 Å². The van der Waals surface area contributed by atoms with Gasteiger partial charge in [-0.2, -0.15) is 0 Å². The number of carboxylic acid groups (broad SMARTS) is 1. The number of hydrogen-bond acceptors (Lipinski definition) is 2. The lowest BCUT2D eigenvalue weighted by atomic mass is 9.90. The van der Waals surface area contributed by atoms with E-state index in [-0.39, 0.29) is 6.04 Å². The fourth-order valence-electron chi connectivity index (χ4n) is 2.91. The van der Waals surface area contributed by atoms with Gasteiger partial charge in [-0.15, -0.1) is 0 Å². The normalized spacial score (nSPS) is 27.1. The molecule has 18 heavy (non-hydrogen) atoms. The zero-order valence-corrected chi connectivity index (χ0v) is 12.2. The lowest BCUT2D eigenvalue weighted by Gasteiger charge is -2.38. The van der Waals surface area contributed by atoms with E-state index in [0.29, 0.717) is 11.8 Å². The van der Waals surface area contributed by atoms with E-state index in [9.17, 15) is 9.90 Å². The van der Waals surface area contributed by atoms with Crippen molar-refractivity contribution in [3.63, 3.8) is 0 Å². The van der Waals surface area contributed by atoms with Crippen molar-refractivity contribution in [1.29, 1.82) is 0 Å². The van der Waals surface area contributed by atoms with E-state index >= 15 is 0 Å². The van der Waals surface area contributed by atoms with Gasteiger partial charge in [0.05, 0.1) is 0 Å². The Bertz CT molecular complexity index is 255. The van der Waals surface area contributed by atoms with Gasteiger partial charge in [0.15, 0.2) is 0 Å². The molecule has 0 amide bonds. The Labute approximate surface area is 112 Å². The van der Waals surface area contributed by atoms with Gasteiger partial charge >= 0.3 is 5.97 Å². The molecule has 1 heterocycles. The van der Waals surface area contributed by atoms with Crippen molar-refractivity contribution < 1.29 is 9.90 Å². The molecule has 0 aromatic heterocycles. The number of nitrogens with zero attached hydrogens (tertiary/aromatic N) is 1. The van der Waals surface area contributed by atoms with Crippen LogP contribution in [0.25, 0.3) is 0 Å². The SMILES string of the molecule is CCCCC(CC)CN1CCC(C)CC1C(=O)O. The molecular weight excluding hydrogens is 226 g/mol. The van der Waals surface area contributed by atoms with Crippen LogP contribution in [-0.4, -0.2) is 35.1 Å². The van der Waals surface area contributed by atoms with Crippen LogP contribution in [0.3, 0.4) is 0 Å². The van der Waals surface area contributed by atoms with Crippen LogP contribution in [0, 0.1) is 11.8 Å². The first kappa shape index (κ1) is 15.5. The van der Waals surface area contributed by atoms with Crippen LogP contribution < -0.4 is 0 Å². The standard InChI is InChI=1S/C15H29NO2/c1-4-6-7-13(5-2)11-16-9-8-12(3)10-14(16)15(17)18/h12-14H,4-11H2,1-3H3,(H,17,18). The molecule has 1 saturated heterocycles. The number of carbonyl (C=O) groups is 1. The molecule has 3 atom stereocenters. The summed E-state index contributed by atoms with van der Waals surface area (Å²) in [5.41, 5.74) is 0. The summed E-state index contributed by atoms with van der Waals surface area (Å²) in [6.45, 7) is 8.54. The molecule has 0 radical (unpaired) electrons. The summed E-state index contributed by atoms with van der Waals surface area (Å²) in [5.74, 6) is 0.588. The number of aliphatic carboxylic acids is 1. The fourth-order valence-corrected chi connectivity index (χ4v) is 2.91. The van der Waals surface area contributed by atoms with Crippen molar-refractivity contribution in [2.45, 2.75) is 65.3 Å². The predicted molar refractivity (Wildman–Crippen MR) is 74.7 cm³/mol. The molecule has 0 aromatic carbocycles. The van der Waals surface area contributed by atoms with Crippen molar-refractivity contribution in [3.05, 3.63) is 0 Å². The molecule has 0 aliphatic carbocycles. The number of rotatable bonds is 7. The zero-order valence-electron chi connectivity index (χ0n) is 12.2. The summed E-state index contributed by atoms with van der Waals surface area (Å²) in [4.78, 5) is 13.6. The third kappa shape index (κ3) is 4.60. The van der Waals surface area contributed by atoms with Crippen LogP contribution in [-0.2, 0) is 4.79 Å². The van der Waals surface area contributed by atoms with Gasteiger partial charge in [0.2, 0.25) is 0 Å². The van der Waals surface area contributed by atoms with Gasteiger partial charge in [-0.05, 0) is 37.6 Å². The van der Waals surface area contributed by atoms with Gasteiger partial charge in [-0.25, -0.2) is 0 Å². The Hall–Kier alpha value is -0.570. The minimum absolute atomic E-state index is 0.246. The Kier molecular flexibility index (Phi) is 6.69. The Morgan fingerprint density at radius 2 is 2.17 bits per heavy atom. The topological polar surface area (TPSA) is 40.5 Å². The average Bonchev–Trinajstić information content (AvgIpc) is 2.35. The summed E-state index contributed by atoms with van der Waals surface area (Å²) in [6, 6.07) is -0.246. The molecule has 0 bridgehead atoms. The summed E-state index contributed by atoms with van der Waals surface area (Å²) in [5, 5.41) is 9.35. The van der Waals surface area contributed by atoms with E-state index in [4.69, 9.17) is 0 Å². The smallest absolute Gasteiger partial charge is 0.320 e. The molecular formula is C15H29NO2. The van der Waals surface area contributed by atoms with E-state index < -0.39 is 5.97 Å². The first-order valence-corrected chi connectivity index (χ1v) is 7.55. The van der Waals surface area contributed by atoms with Crippen LogP contribution in [0.5, 0.6) is 0 Å². The average molecular weight is 255 g/mol. The highest BCUT2D eigenvalue weighted by molar-refractivity contribution is 5.73. The van der Waals surface area contributed by atoms with Crippen LogP contribution in [0.15, 0.2) is 0 Å². The molecule has 106 valence electrons. The molecule has 3 unspecified atom stereocenters. The second kappa shape index (κ2) is 7.78. The molecule has 1 rings (SSSR count). The van der Waals surface area contributed by atoms with Gasteiger partial charge < -0.3 is 5.11 Å². The maximum Gasteiger partial charge on any atom is 0.320 e. The van der Waals surface area contributed by atoms with E-state index in [1.54, 1.807) is 0 Å². The van der Waals surface area contributed by atoms with E-state index in [2.05, 4.69) is 25.7 Å². The van der Waals surface area contributed by atoms with Gasteiger partial charge in [-0.3, -0.25) is 9.69 Å². The number of unbranched alkanes of at least 4 members (excludes halogenated alkanes) is 1. The quantitative estimate of drug-likeness (QED) is 0.758. The summed E-state index contributed by atoms with van der Waals surface area (Å²) < 4.78 is 0. The summed E-state index contributed by atoms with van der Waals surface area (Å²) >= 11 is 0. The number of likely N-dealkylation sites (tertiary alicyclic amines) is 1. The molecule has 1 aliphatic heterocycles. The Morgan fingerprint density at radius 3 is 2.72 bits per heavy atom. The molecule has 0 saturated carbocycles. The fraction of sp³-hybridized carbons (Fsp3) is 0.933. The van der Waals surface area contributed by atoms with Crippen molar-refractivity contribution in [2.24, 2.45) is 11.8 Å². The van der Waals surface area contributed by atoms with Crippen LogP contribution in [0.2, 0.25) is 0 Å². The largest absolute Gasteiger partial charge is 0.480 e. The highest BCUT2D eigenvalue weighted by Gasteiger charge is 2.32. The zero-order chi connectivity index (χ0) is 13.5. The van der Waals surface area contributed by atoms with Gasteiger partial charge in [0.1, 0.15) is 6.04 Å². The van der Waals surface area contributed by atoms with E-state index in [1.165, 1.54) is 25.7 Å². The maximum absolute atomic E-state index is 11.4. The highest BCUT2D eigenvalue weighted by atomic mass is 16.4. The van der Waals surface area contributed by atoms with Gasteiger partial charge in [-0.1, -0.05) is 40.0 Å². The Balaban J connectivity index is 2.53. The van der Waals surface area contributed by atoms with Crippen molar-refractivity contribution >= 4 is 5.97 Å². The number of hydrogen-bond donors (Lipinski definition) is 1. The minimum atomic E-state index is -0.633. The number of carboxylic acids is 1. The monoisotopic (exact) mass is 255 g/mol. The van der Waals surface area contributed by atoms with Crippen molar-refractivity contribution in [1.82, 2.24) is 4.90 Å². The molecule has 1 N–H and O–H groups in total. The second-order valence-corrected chi connectivity index (χ2v) is 5.90. The van der Waals surface area contributed by atoms with Crippen molar-refractivity contribution in [3.8, 4) is 0 Å². The predicted octanol–water partition coefficient (Wildman–Crippen LogP) is 3.39. The summed E-state index contributed by atoms with van der Waals surface area (Å²) in [6.07, 6.45) is 6.87. The molecule has 3 heteroatoms. The Morgan fingerprint density at radius 1 is 1.44 bits per heavy atom. The molecule has 0 aromatic rings.